The smallest absolute Gasteiger partial charge is 0.407 e. The molecule has 34 heavy (non-hydrogen) atoms. The van der Waals surface area contributed by atoms with Gasteiger partial charge in [0.1, 0.15) is 6.04 Å². The molecule has 3 atom stereocenters. The van der Waals surface area contributed by atoms with Crippen LogP contribution in [0.25, 0.3) is 11.0 Å². The maximum Gasteiger partial charge on any atom is 0.407 e. The summed E-state index contributed by atoms with van der Waals surface area (Å²) in [6.07, 6.45) is 0.985. The molecule has 0 aliphatic carbocycles. The fraction of sp³-hybridized carbons (Fsp3) is 0.583. The number of aromatic nitrogens is 2. The van der Waals surface area contributed by atoms with Crippen LogP contribution in [0.1, 0.15) is 51.6 Å². The molecule has 0 saturated carbocycles. The molecule has 2 aliphatic heterocycles. The number of nitrogens with zero attached hydrogens (tertiary/aromatic N) is 3. The van der Waals surface area contributed by atoms with Crippen molar-refractivity contribution in [2.24, 2.45) is 12.5 Å². The minimum absolute atomic E-state index is 0.109. The van der Waals surface area contributed by atoms with Crippen LogP contribution < -0.4 is 11.0 Å². The number of aryl methyl sites for hydroxylation is 2. The SMILES string of the molecule is Cn1c(=O)n(C2CCC(=O)NC2=O)c2ccc(CCCOC3CN(C(=O)O)C3C(C)(C)C)cc21. The van der Waals surface area contributed by atoms with Gasteiger partial charge in [-0.2, -0.15) is 0 Å². The fourth-order valence-corrected chi connectivity index (χ4v) is 5.14. The summed E-state index contributed by atoms with van der Waals surface area (Å²) in [5.74, 6) is -0.761. The molecular formula is C24H32N4O6. The fourth-order valence-electron chi connectivity index (χ4n) is 5.14. The van der Waals surface area contributed by atoms with Crippen molar-refractivity contribution in [1.29, 1.82) is 0 Å². The lowest BCUT2D eigenvalue weighted by Crippen LogP contribution is -2.67. The second-order valence-corrected chi connectivity index (χ2v) is 10.3. The average Bonchev–Trinajstić information content (AvgIpc) is 2.95. The topological polar surface area (TPSA) is 123 Å². The minimum atomic E-state index is -0.914. The molecule has 3 amide bonds. The van der Waals surface area contributed by atoms with Gasteiger partial charge in [0.2, 0.25) is 11.8 Å². The molecule has 10 heteroatoms. The number of piperidine rings is 1. The molecule has 2 N–H and O–H groups in total. The Bertz CT molecular complexity index is 1190. The van der Waals surface area contributed by atoms with Crippen LogP contribution in [-0.2, 0) is 27.8 Å². The maximum atomic E-state index is 12.9. The van der Waals surface area contributed by atoms with Gasteiger partial charge < -0.3 is 9.84 Å². The van der Waals surface area contributed by atoms with E-state index in [-0.39, 0.29) is 35.6 Å². The van der Waals surface area contributed by atoms with Crippen LogP contribution in [0.5, 0.6) is 0 Å². The van der Waals surface area contributed by atoms with Gasteiger partial charge in [-0.25, -0.2) is 9.59 Å². The molecule has 1 aromatic carbocycles. The Morgan fingerprint density at radius 2 is 1.94 bits per heavy atom. The zero-order valence-corrected chi connectivity index (χ0v) is 20.0. The Balaban J connectivity index is 1.41. The molecule has 10 nitrogen and oxygen atoms in total. The lowest BCUT2D eigenvalue weighted by molar-refractivity contribution is -0.135. The van der Waals surface area contributed by atoms with Crippen LogP contribution in [0.4, 0.5) is 4.79 Å². The lowest BCUT2D eigenvalue weighted by Gasteiger charge is -2.52. The van der Waals surface area contributed by atoms with Crippen molar-refractivity contribution in [3.63, 3.8) is 0 Å². The average molecular weight is 473 g/mol. The molecule has 3 heterocycles. The van der Waals surface area contributed by atoms with E-state index >= 15 is 0 Å². The Morgan fingerprint density at radius 3 is 2.59 bits per heavy atom. The van der Waals surface area contributed by atoms with E-state index in [4.69, 9.17) is 4.74 Å². The van der Waals surface area contributed by atoms with Crippen LogP contribution in [0, 0.1) is 5.41 Å². The first-order valence-corrected chi connectivity index (χ1v) is 11.6. The number of likely N-dealkylation sites (tertiary alicyclic amines) is 1. The minimum Gasteiger partial charge on any atom is -0.465 e. The highest BCUT2D eigenvalue weighted by Crippen LogP contribution is 2.36. The molecule has 0 spiro atoms. The van der Waals surface area contributed by atoms with Gasteiger partial charge in [0.25, 0.3) is 0 Å². The highest BCUT2D eigenvalue weighted by Gasteiger charge is 2.49. The van der Waals surface area contributed by atoms with Crippen molar-refractivity contribution in [3.05, 3.63) is 34.2 Å². The number of rotatable bonds is 6. The van der Waals surface area contributed by atoms with Gasteiger partial charge in [-0.3, -0.25) is 28.9 Å². The lowest BCUT2D eigenvalue weighted by atomic mass is 9.77. The molecule has 0 radical (unpaired) electrons. The van der Waals surface area contributed by atoms with Crippen LogP contribution in [0.3, 0.4) is 0 Å². The summed E-state index contributed by atoms with van der Waals surface area (Å²) < 4.78 is 9.02. The number of benzene rings is 1. The van der Waals surface area contributed by atoms with Gasteiger partial charge in [0, 0.05) is 20.1 Å². The molecule has 0 bridgehead atoms. The van der Waals surface area contributed by atoms with Gasteiger partial charge in [0.05, 0.1) is 29.7 Å². The summed E-state index contributed by atoms with van der Waals surface area (Å²) >= 11 is 0. The van der Waals surface area contributed by atoms with Gasteiger partial charge in [-0.1, -0.05) is 26.8 Å². The molecule has 4 rings (SSSR count). The number of carbonyl (C=O) groups is 3. The third-order valence-corrected chi connectivity index (χ3v) is 6.81. The van der Waals surface area contributed by atoms with Gasteiger partial charge in [0.15, 0.2) is 0 Å². The van der Waals surface area contributed by atoms with E-state index in [9.17, 15) is 24.3 Å². The molecule has 2 aromatic rings. The normalized spacial score (nSPS) is 23.2. The first-order valence-electron chi connectivity index (χ1n) is 11.6. The van der Waals surface area contributed by atoms with Gasteiger partial charge >= 0.3 is 11.8 Å². The summed E-state index contributed by atoms with van der Waals surface area (Å²) in [5, 5.41) is 11.7. The van der Waals surface area contributed by atoms with E-state index in [2.05, 4.69) is 5.32 Å². The highest BCUT2D eigenvalue weighted by molar-refractivity contribution is 6.00. The third kappa shape index (κ3) is 4.34. The number of imidazole rings is 1. The third-order valence-electron chi connectivity index (χ3n) is 6.81. The van der Waals surface area contributed by atoms with Crippen LogP contribution in [0.15, 0.2) is 23.0 Å². The quantitative estimate of drug-likeness (QED) is 0.490. The van der Waals surface area contributed by atoms with Crippen molar-refractivity contribution in [1.82, 2.24) is 19.4 Å². The largest absolute Gasteiger partial charge is 0.465 e. The number of carboxylic acid groups (broad SMARTS) is 1. The molecule has 2 fully saturated rings. The predicted molar refractivity (Wildman–Crippen MR) is 125 cm³/mol. The zero-order valence-electron chi connectivity index (χ0n) is 20.0. The van der Waals surface area contributed by atoms with E-state index in [1.54, 1.807) is 7.05 Å². The van der Waals surface area contributed by atoms with E-state index in [0.29, 0.717) is 25.1 Å². The standard InChI is InChI=1S/C24H32N4O6/c1-24(2,3)20-18(13-27(20)23(32)33)34-11-5-6-14-7-8-15-17(12-14)26(4)22(31)28(15)16-9-10-19(29)25-21(16)30/h7-8,12,16,18,20H,5-6,9-11,13H2,1-4H3,(H,32,33)(H,25,29,30). The van der Waals surface area contributed by atoms with Gasteiger partial charge in [-0.05, 0) is 42.4 Å². The second-order valence-electron chi connectivity index (χ2n) is 10.3. The predicted octanol–water partition coefficient (Wildman–Crippen LogP) is 2.04. The van der Waals surface area contributed by atoms with Gasteiger partial charge in [-0.15, -0.1) is 0 Å². The molecule has 184 valence electrons. The summed E-state index contributed by atoms with van der Waals surface area (Å²) in [5.41, 5.74) is 1.95. The number of ether oxygens (including phenoxy) is 1. The van der Waals surface area contributed by atoms with Crippen molar-refractivity contribution < 1.29 is 24.2 Å². The van der Waals surface area contributed by atoms with Crippen LogP contribution >= 0.6 is 0 Å². The Labute approximate surface area is 197 Å². The number of nitrogens with one attached hydrogen (secondary N) is 1. The van der Waals surface area contributed by atoms with Crippen molar-refractivity contribution in [2.45, 2.75) is 64.6 Å². The number of imide groups is 1. The van der Waals surface area contributed by atoms with Crippen LogP contribution in [-0.4, -0.2) is 62.3 Å². The molecule has 2 saturated heterocycles. The number of amides is 3. The Kier molecular flexibility index (Phi) is 6.28. The summed E-state index contributed by atoms with van der Waals surface area (Å²) in [7, 11) is 1.68. The Hall–Kier alpha value is -3.14. The number of hydrogen-bond acceptors (Lipinski definition) is 5. The monoisotopic (exact) mass is 472 g/mol. The van der Waals surface area contributed by atoms with Crippen molar-refractivity contribution in [3.8, 4) is 0 Å². The molecule has 2 aliphatic rings. The number of fused-ring (bicyclic) bond motifs is 1. The second kappa shape index (κ2) is 8.90. The molecular weight excluding hydrogens is 440 g/mol. The highest BCUT2D eigenvalue weighted by atomic mass is 16.5. The summed E-state index contributed by atoms with van der Waals surface area (Å²) in [6.45, 7) is 6.95. The van der Waals surface area contributed by atoms with E-state index < -0.39 is 18.0 Å². The zero-order chi connectivity index (χ0) is 24.8. The van der Waals surface area contributed by atoms with E-state index in [1.807, 2.05) is 39.0 Å². The van der Waals surface area contributed by atoms with Crippen molar-refractivity contribution >= 4 is 28.9 Å². The molecule has 1 aromatic heterocycles. The van der Waals surface area contributed by atoms with E-state index in [0.717, 1.165) is 23.9 Å². The first-order chi connectivity index (χ1) is 16.0. The van der Waals surface area contributed by atoms with E-state index in [1.165, 1.54) is 14.0 Å². The number of hydrogen-bond donors (Lipinski definition) is 2. The summed E-state index contributed by atoms with van der Waals surface area (Å²) in [4.78, 5) is 49.5. The molecule has 3 unspecified atom stereocenters. The van der Waals surface area contributed by atoms with Crippen LogP contribution in [0.2, 0.25) is 0 Å². The van der Waals surface area contributed by atoms with Crippen molar-refractivity contribution in [2.75, 3.05) is 13.2 Å². The number of carbonyl (C=O) groups excluding carboxylic acids is 2. The first kappa shape index (κ1) is 24.0. The maximum absolute atomic E-state index is 12.9. The Morgan fingerprint density at radius 1 is 1.21 bits per heavy atom. The summed E-state index contributed by atoms with van der Waals surface area (Å²) in [6, 6.07) is 4.88.